The Hall–Kier alpha value is -0.970. The van der Waals surface area contributed by atoms with Gasteiger partial charge in [-0.2, -0.15) is 11.8 Å². The van der Waals surface area contributed by atoms with E-state index in [2.05, 4.69) is 20.6 Å². The zero-order chi connectivity index (χ0) is 10.7. The molecule has 1 unspecified atom stereocenters. The van der Waals surface area contributed by atoms with Gasteiger partial charge in [-0.3, -0.25) is 0 Å². The first-order chi connectivity index (χ1) is 7.31. The fourth-order valence-electron chi connectivity index (χ4n) is 1.69. The van der Waals surface area contributed by atoms with Crippen LogP contribution in [-0.2, 0) is 0 Å². The first kappa shape index (κ1) is 10.5. The van der Waals surface area contributed by atoms with Gasteiger partial charge in [-0.25, -0.2) is 9.97 Å². The van der Waals surface area contributed by atoms with Crippen LogP contribution in [0, 0.1) is 6.92 Å². The lowest BCUT2D eigenvalue weighted by Crippen LogP contribution is -2.20. The van der Waals surface area contributed by atoms with Gasteiger partial charge in [0, 0.05) is 24.4 Å². The molecule has 0 aliphatic carbocycles. The topological polar surface area (TPSA) is 49.8 Å². The minimum atomic E-state index is 0.563. The van der Waals surface area contributed by atoms with Crippen molar-refractivity contribution in [3.8, 4) is 0 Å². The number of anilines is 2. The molecule has 1 fully saturated rings. The normalized spacial score (nSPS) is 20.3. The van der Waals surface area contributed by atoms with Crippen LogP contribution < -0.4 is 10.6 Å². The maximum absolute atomic E-state index is 4.28. The van der Waals surface area contributed by atoms with Crippen LogP contribution in [0.5, 0.6) is 0 Å². The zero-order valence-electron chi connectivity index (χ0n) is 9.08. The third-order valence-corrected chi connectivity index (χ3v) is 3.75. The van der Waals surface area contributed by atoms with Gasteiger partial charge in [-0.15, -0.1) is 0 Å². The first-order valence-electron chi connectivity index (χ1n) is 5.15. The molecule has 2 N–H and O–H groups in total. The third-order valence-electron chi connectivity index (χ3n) is 2.59. The van der Waals surface area contributed by atoms with Crippen LogP contribution in [0.2, 0.25) is 0 Å². The molecule has 0 saturated carbocycles. The highest BCUT2D eigenvalue weighted by Gasteiger charge is 2.17. The summed E-state index contributed by atoms with van der Waals surface area (Å²) in [7, 11) is 1.88. The van der Waals surface area contributed by atoms with E-state index in [1.807, 2.05) is 25.7 Å². The summed E-state index contributed by atoms with van der Waals surface area (Å²) < 4.78 is 0. The van der Waals surface area contributed by atoms with Crippen molar-refractivity contribution in [3.63, 3.8) is 0 Å². The molecule has 2 heterocycles. The second-order valence-corrected chi connectivity index (χ2v) is 4.80. The van der Waals surface area contributed by atoms with Crippen molar-refractivity contribution in [1.29, 1.82) is 0 Å². The molecule has 1 aliphatic heterocycles. The van der Waals surface area contributed by atoms with Crippen LogP contribution >= 0.6 is 11.8 Å². The lowest BCUT2D eigenvalue weighted by Gasteiger charge is -2.15. The molecular formula is C10H16N4S. The van der Waals surface area contributed by atoms with E-state index in [4.69, 9.17) is 0 Å². The second-order valence-electron chi connectivity index (χ2n) is 3.65. The molecule has 1 saturated heterocycles. The average molecular weight is 224 g/mol. The molecule has 2 rings (SSSR count). The minimum absolute atomic E-state index is 0.563. The van der Waals surface area contributed by atoms with Crippen molar-refractivity contribution in [2.24, 2.45) is 0 Å². The van der Waals surface area contributed by atoms with Crippen molar-refractivity contribution >= 4 is 23.4 Å². The van der Waals surface area contributed by atoms with Crippen LogP contribution in [0.15, 0.2) is 6.33 Å². The average Bonchev–Trinajstić information content (AvgIpc) is 2.74. The van der Waals surface area contributed by atoms with Crippen molar-refractivity contribution in [2.75, 3.05) is 29.2 Å². The van der Waals surface area contributed by atoms with Crippen LogP contribution in [0.25, 0.3) is 0 Å². The minimum Gasteiger partial charge on any atom is -0.373 e. The summed E-state index contributed by atoms with van der Waals surface area (Å²) in [5.74, 6) is 4.29. The molecule has 15 heavy (non-hydrogen) atoms. The van der Waals surface area contributed by atoms with Gasteiger partial charge in [0.2, 0.25) is 0 Å². The maximum Gasteiger partial charge on any atom is 0.134 e. The third kappa shape index (κ3) is 2.34. The van der Waals surface area contributed by atoms with Gasteiger partial charge in [0.05, 0.1) is 0 Å². The van der Waals surface area contributed by atoms with E-state index >= 15 is 0 Å². The molecule has 82 valence electrons. The molecule has 1 aromatic heterocycles. The van der Waals surface area contributed by atoms with Crippen molar-refractivity contribution in [3.05, 3.63) is 11.9 Å². The lowest BCUT2D eigenvalue weighted by molar-refractivity contribution is 0.803. The fourth-order valence-corrected chi connectivity index (χ4v) is 2.84. The van der Waals surface area contributed by atoms with E-state index in [1.165, 1.54) is 17.9 Å². The summed E-state index contributed by atoms with van der Waals surface area (Å²) in [5.41, 5.74) is 1.09. The van der Waals surface area contributed by atoms with Gasteiger partial charge < -0.3 is 10.6 Å². The largest absolute Gasteiger partial charge is 0.373 e. The number of hydrogen-bond donors (Lipinski definition) is 2. The Balaban J connectivity index is 2.13. The molecule has 0 bridgehead atoms. The van der Waals surface area contributed by atoms with Crippen molar-refractivity contribution in [1.82, 2.24) is 9.97 Å². The Kier molecular flexibility index (Phi) is 3.30. The van der Waals surface area contributed by atoms with Gasteiger partial charge in [0.1, 0.15) is 18.0 Å². The Morgan fingerprint density at radius 3 is 2.87 bits per heavy atom. The summed E-state index contributed by atoms with van der Waals surface area (Å²) >= 11 is 2.00. The smallest absolute Gasteiger partial charge is 0.134 e. The second kappa shape index (κ2) is 4.70. The van der Waals surface area contributed by atoms with Crippen LogP contribution in [0.4, 0.5) is 11.6 Å². The molecule has 1 atom stereocenters. The molecule has 0 radical (unpaired) electrons. The van der Waals surface area contributed by atoms with Crippen molar-refractivity contribution < 1.29 is 0 Å². The standard InChI is InChI=1S/C10H16N4S/c1-7-9(11-2)12-6-13-10(7)14-8-3-4-15-5-8/h6,8H,3-5H2,1-2H3,(H2,11,12,13,14). The summed E-state index contributed by atoms with van der Waals surface area (Å²) in [6, 6.07) is 0.563. The Bertz CT molecular complexity index is 336. The highest BCUT2D eigenvalue weighted by molar-refractivity contribution is 7.99. The lowest BCUT2D eigenvalue weighted by atomic mass is 10.2. The number of nitrogens with one attached hydrogen (secondary N) is 2. The van der Waals surface area contributed by atoms with Gasteiger partial charge in [0.15, 0.2) is 0 Å². The van der Waals surface area contributed by atoms with Gasteiger partial charge in [-0.05, 0) is 19.1 Å². The Morgan fingerprint density at radius 1 is 1.40 bits per heavy atom. The number of aromatic nitrogens is 2. The maximum atomic E-state index is 4.28. The van der Waals surface area contributed by atoms with Gasteiger partial charge >= 0.3 is 0 Å². The summed E-state index contributed by atoms with van der Waals surface area (Å²) in [5, 5.41) is 6.54. The fraction of sp³-hybridized carbons (Fsp3) is 0.600. The van der Waals surface area contributed by atoms with Crippen LogP contribution in [0.3, 0.4) is 0 Å². The molecule has 0 spiro atoms. The van der Waals surface area contributed by atoms with E-state index < -0.39 is 0 Å². The number of hydrogen-bond acceptors (Lipinski definition) is 5. The number of nitrogens with zero attached hydrogens (tertiary/aromatic N) is 2. The summed E-state index contributed by atoms with van der Waals surface area (Å²) in [6.07, 6.45) is 2.83. The molecular weight excluding hydrogens is 208 g/mol. The molecule has 1 aromatic rings. The van der Waals surface area contributed by atoms with Gasteiger partial charge in [0.25, 0.3) is 0 Å². The quantitative estimate of drug-likeness (QED) is 0.819. The number of thioether (sulfide) groups is 1. The molecule has 0 amide bonds. The number of rotatable bonds is 3. The van der Waals surface area contributed by atoms with Gasteiger partial charge in [-0.1, -0.05) is 0 Å². The van der Waals surface area contributed by atoms with E-state index in [0.29, 0.717) is 6.04 Å². The highest BCUT2D eigenvalue weighted by Crippen LogP contribution is 2.23. The van der Waals surface area contributed by atoms with Crippen molar-refractivity contribution in [2.45, 2.75) is 19.4 Å². The van der Waals surface area contributed by atoms with Crippen LogP contribution in [0.1, 0.15) is 12.0 Å². The summed E-state index contributed by atoms with van der Waals surface area (Å²) in [6.45, 7) is 2.04. The Labute approximate surface area is 94.3 Å². The predicted octanol–water partition coefficient (Wildman–Crippen LogP) is 1.74. The molecule has 1 aliphatic rings. The molecule has 4 nitrogen and oxygen atoms in total. The first-order valence-corrected chi connectivity index (χ1v) is 6.30. The Morgan fingerprint density at radius 2 is 2.20 bits per heavy atom. The van der Waals surface area contributed by atoms with E-state index in [9.17, 15) is 0 Å². The van der Waals surface area contributed by atoms with E-state index in [1.54, 1.807) is 6.33 Å². The SMILES string of the molecule is CNc1ncnc(NC2CCSC2)c1C. The monoisotopic (exact) mass is 224 g/mol. The van der Waals surface area contributed by atoms with E-state index in [-0.39, 0.29) is 0 Å². The zero-order valence-corrected chi connectivity index (χ0v) is 9.90. The predicted molar refractivity (Wildman–Crippen MR) is 65.7 cm³/mol. The molecule has 5 heteroatoms. The molecule has 0 aromatic carbocycles. The summed E-state index contributed by atoms with van der Waals surface area (Å²) in [4.78, 5) is 8.44. The van der Waals surface area contributed by atoms with E-state index in [0.717, 1.165) is 17.2 Å². The van der Waals surface area contributed by atoms with Crippen LogP contribution in [-0.4, -0.2) is 34.6 Å². The highest BCUT2D eigenvalue weighted by atomic mass is 32.2.